The van der Waals surface area contributed by atoms with Crippen molar-refractivity contribution >= 4 is 18.5 Å². The first kappa shape index (κ1) is 13.3. The fraction of sp³-hybridized carbons (Fsp3) is 0.929. The van der Waals surface area contributed by atoms with Crippen molar-refractivity contribution in [3.05, 3.63) is 0 Å². The van der Waals surface area contributed by atoms with Crippen LogP contribution in [0.3, 0.4) is 0 Å². The second kappa shape index (κ2) is 5.21. The van der Waals surface area contributed by atoms with Crippen LogP contribution in [0.2, 0.25) is 0 Å². The van der Waals surface area contributed by atoms with Crippen LogP contribution in [0.1, 0.15) is 51.9 Å². The lowest BCUT2D eigenvalue weighted by molar-refractivity contribution is -0.134. The molecule has 0 aromatic heterocycles. The predicted molar refractivity (Wildman–Crippen MR) is 74.3 cm³/mol. The third-order valence-electron chi connectivity index (χ3n) is 4.78. The number of carbonyl (C=O) groups is 1. The van der Waals surface area contributed by atoms with Gasteiger partial charge in [0.1, 0.15) is 0 Å². The fourth-order valence-corrected chi connectivity index (χ4v) is 3.50. The Morgan fingerprint density at radius 3 is 2.53 bits per heavy atom. The van der Waals surface area contributed by atoms with Gasteiger partial charge in [-0.25, -0.2) is 0 Å². The largest absolute Gasteiger partial charge is 0.342 e. The SMILES string of the molecule is CC1CCCCC1N(C)C(=O)CC1(CS)CC1. The van der Waals surface area contributed by atoms with E-state index in [4.69, 9.17) is 0 Å². The molecule has 2 atom stereocenters. The molecule has 2 nitrogen and oxygen atoms in total. The van der Waals surface area contributed by atoms with E-state index in [-0.39, 0.29) is 5.41 Å². The maximum atomic E-state index is 12.3. The lowest BCUT2D eigenvalue weighted by Gasteiger charge is -2.37. The van der Waals surface area contributed by atoms with Crippen LogP contribution in [0.5, 0.6) is 0 Å². The van der Waals surface area contributed by atoms with Gasteiger partial charge >= 0.3 is 0 Å². The Hall–Kier alpha value is -0.180. The lowest BCUT2D eigenvalue weighted by atomic mass is 9.85. The normalized spacial score (nSPS) is 31.0. The van der Waals surface area contributed by atoms with Crippen molar-refractivity contribution < 1.29 is 4.79 Å². The zero-order valence-electron chi connectivity index (χ0n) is 11.1. The van der Waals surface area contributed by atoms with Crippen LogP contribution in [-0.4, -0.2) is 29.6 Å². The van der Waals surface area contributed by atoms with Crippen LogP contribution < -0.4 is 0 Å². The van der Waals surface area contributed by atoms with Gasteiger partial charge in [0.15, 0.2) is 0 Å². The van der Waals surface area contributed by atoms with Crippen LogP contribution in [0.15, 0.2) is 0 Å². The first-order valence-corrected chi connectivity index (χ1v) is 7.58. The number of amides is 1. The molecule has 2 saturated carbocycles. The number of rotatable bonds is 4. The van der Waals surface area contributed by atoms with E-state index in [2.05, 4.69) is 19.6 Å². The third kappa shape index (κ3) is 2.98. The fourth-order valence-electron chi connectivity index (χ4n) is 3.07. The quantitative estimate of drug-likeness (QED) is 0.765. The van der Waals surface area contributed by atoms with E-state index in [0.717, 1.165) is 12.2 Å². The summed E-state index contributed by atoms with van der Waals surface area (Å²) in [6.45, 7) is 2.29. The average molecular weight is 255 g/mol. The second-order valence-corrected chi connectivity index (χ2v) is 6.48. The maximum absolute atomic E-state index is 12.3. The molecule has 2 fully saturated rings. The highest BCUT2D eigenvalue weighted by atomic mass is 32.1. The molecule has 2 aliphatic rings. The van der Waals surface area contributed by atoms with Gasteiger partial charge < -0.3 is 4.90 Å². The van der Waals surface area contributed by atoms with Gasteiger partial charge in [-0.3, -0.25) is 4.79 Å². The predicted octanol–water partition coefficient (Wildman–Crippen LogP) is 3.12. The maximum Gasteiger partial charge on any atom is 0.223 e. The lowest BCUT2D eigenvalue weighted by Crippen LogP contribution is -2.43. The highest BCUT2D eigenvalue weighted by Gasteiger charge is 2.44. The van der Waals surface area contributed by atoms with Crippen molar-refractivity contribution in [2.45, 2.75) is 57.9 Å². The van der Waals surface area contributed by atoms with Gasteiger partial charge in [-0.15, -0.1) is 0 Å². The Balaban J connectivity index is 1.89. The van der Waals surface area contributed by atoms with E-state index in [0.29, 0.717) is 17.9 Å². The van der Waals surface area contributed by atoms with Crippen LogP contribution in [-0.2, 0) is 4.79 Å². The summed E-state index contributed by atoms with van der Waals surface area (Å²) in [4.78, 5) is 14.3. The number of thiol groups is 1. The number of nitrogens with zero attached hydrogens (tertiary/aromatic N) is 1. The molecule has 1 amide bonds. The molecule has 2 aliphatic carbocycles. The minimum absolute atomic E-state index is 0.256. The summed E-state index contributed by atoms with van der Waals surface area (Å²) in [7, 11) is 2.00. The Bertz CT molecular complexity index is 288. The molecule has 0 bridgehead atoms. The molecule has 17 heavy (non-hydrogen) atoms. The van der Waals surface area contributed by atoms with Crippen LogP contribution in [0.25, 0.3) is 0 Å². The van der Waals surface area contributed by atoms with E-state index in [1.54, 1.807) is 0 Å². The summed E-state index contributed by atoms with van der Waals surface area (Å²) < 4.78 is 0. The van der Waals surface area contributed by atoms with Gasteiger partial charge in [-0.1, -0.05) is 19.8 Å². The molecular weight excluding hydrogens is 230 g/mol. The van der Waals surface area contributed by atoms with Crippen LogP contribution in [0.4, 0.5) is 0 Å². The molecule has 98 valence electrons. The Labute approximate surface area is 111 Å². The number of hydrogen-bond donors (Lipinski definition) is 1. The van der Waals surface area contributed by atoms with Crippen molar-refractivity contribution in [1.82, 2.24) is 4.90 Å². The molecule has 0 aromatic carbocycles. The molecule has 0 aromatic rings. The zero-order valence-corrected chi connectivity index (χ0v) is 12.0. The Morgan fingerprint density at radius 1 is 1.35 bits per heavy atom. The molecule has 0 radical (unpaired) electrons. The van der Waals surface area contributed by atoms with Crippen molar-refractivity contribution in [3.8, 4) is 0 Å². The first-order valence-electron chi connectivity index (χ1n) is 6.94. The van der Waals surface area contributed by atoms with Crippen molar-refractivity contribution in [2.24, 2.45) is 11.3 Å². The molecule has 0 aliphatic heterocycles. The second-order valence-electron chi connectivity index (χ2n) is 6.17. The third-order valence-corrected chi connectivity index (χ3v) is 5.45. The van der Waals surface area contributed by atoms with Gasteiger partial charge in [0, 0.05) is 19.5 Å². The molecule has 0 spiro atoms. The average Bonchev–Trinajstić information content (AvgIpc) is 3.09. The summed E-state index contributed by atoms with van der Waals surface area (Å²) in [5.74, 6) is 1.88. The van der Waals surface area contributed by atoms with Crippen LogP contribution >= 0.6 is 12.6 Å². The molecule has 0 heterocycles. The molecule has 3 heteroatoms. The van der Waals surface area contributed by atoms with Gasteiger partial charge in [-0.2, -0.15) is 12.6 Å². The number of hydrogen-bond acceptors (Lipinski definition) is 2. The monoisotopic (exact) mass is 255 g/mol. The minimum atomic E-state index is 0.256. The highest BCUT2D eigenvalue weighted by molar-refractivity contribution is 7.80. The summed E-state index contributed by atoms with van der Waals surface area (Å²) in [6, 6.07) is 0.479. The molecular formula is C14H25NOS. The Kier molecular flexibility index (Phi) is 4.06. The standard InChI is InChI=1S/C14H25NOS/c1-11-5-3-4-6-12(11)15(2)13(16)9-14(10-17)7-8-14/h11-12,17H,3-10H2,1-2H3. The first-order chi connectivity index (χ1) is 8.08. The summed E-state index contributed by atoms with van der Waals surface area (Å²) in [6.07, 6.45) is 8.19. The van der Waals surface area contributed by atoms with E-state index >= 15 is 0 Å². The molecule has 0 N–H and O–H groups in total. The van der Waals surface area contributed by atoms with Crippen molar-refractivity contribution in [2.75, 3.05) is 12.8 Å². The van der Waals surface area contributed by atoms with Gasteiger partial charge in [0.2, 0.25) is 5.91 Å². The minimum Gasteiger partial charge on any atom is -0.342 e. The van der Waals surface area contributed by atoms with Gasteiger partial charge in [0.25, 0.3) is 0 Å². The molecule has 2 unspecified atom stereocenters. The van der Waals surface area contributed by atoms with E-state index < -0.39 is 0 Å². The van der Waals surface area contributed by atoms with Crippen molar-refractivity contribution in [3.63, 3.8) is 0 Å². The van der Waals surface area contributed by atoms with Gasteiger partial charge in [0.05, 0.1) is 0 Å². The topological polar surface area (TPSA) is 20.3 Å². The van der Waals surface area contributed by atoms with Gasteiger partial charge in [-0.05, 0) is 42.8 Å². The summed E-state index contributed by atoms with van der Waals surface area (Å²) >= 11 is 4.38. The van der Waals surface area contributed by atoms with E-state index in [9.17, 15) is 4.79 Å². The van der Waals surface area contributed by atoms with Crippen molar-refractivity contribution in [1.29, 1.82) is 0 Å². The number of carbonyl (C=O) groups excluding carboxylic acids is 1. The molecule has 0 saturated heterocycles. The zero-order chi connectivity index (χ0) is 12.5. The Morgan fingerprint density at radius 2 is 2.00 bits per heavy atom. The summed E-state index contributed by atoms with van der Waals surface area (Å²) in [5.41, 5.74) is 0.256. The molecule has 2 rings (SSSR count). The summed E-state index contributed by atoms with van der Waals surface area (Å²) in [5, 5.41) is 0. The van der Waals surface area contributed by atoms with Crippen LogP contribution in [0, 0.1) is 11.3 Å². The smallest absolute Gasteiger partial charge is 0.223 e. The van der Waals surface area contributed by atoms with E-state index in [1.807, 2.05) is 11.9 Å². The highest BCUT2D eigenvalue weighted by Crippen LogP contribution is 2.50. The van der Waals surface area contributed by atoms with E-state index in [1.165, 1.54) is 38.5 Å².